The maximum absolute atomic E-state index is 4.41. The van der Waals surface area contributed by atoms with Crippen LogP contribution in [-0.4, -0.2) is 6.04 Å². The molecule has 2 N–H and O–H groups in total. The minimum atomic E-state index is 0.0239. The Hall–Kier alpha value is -4.24. The first kappa shape index (κ1) is 29.2. The Balaban J connectivity index is 1.27. The molecular weight excluding hydrogens is 556 g/mol. The van der Waals surface area contributed by atoms with Crippen molar-refractivity contribution in [3.63, 3.8) is 0 Å². The number of aryl methyl sites for hydroxylation is 2. The van der Waals surface area contributed by atoms with Gasteiger partial charge in [0.2, 0.25) is 0 Å². The SMILES string of the molecule is C1=CCC2CCC3C=CC=CC3C(NC(c3ccccc3)C(NC3c4ccccc4CCc4ccccc43)c3ccccc3)C2=C1. The Kier molecular flexibility index (Phi) is 8.40. The third-order valence-electron chi connectivity index (χ3n) is 11.0. The summed E-state index contributed by atoms with van der Waals surface area (Å²) in [6, 6.07) is 40.9. The first-order valence-electron chi connectivity index (χ1n) is 17.3. The molecule has 4 aliphatic carbocycles. The molecule has 2 nitrogen and oxygen atoms in total. The van der Waals surface area contributed by atoms with E-state index in [1.165, 1.54) is 46.2 Å². The van der Waals surface area contributed by atoms with E-state index in [1.807, 2.05) is 0 Å². The van der Waals surface area contributed by atoms with E-state index in [-0.39, 0.29) is 24.2 Å². The average Bonchev–Trinajstić information content (AvgIpc) is 3.39. The number of hydrogen-bond donors (Lipinski definition) is 2. The van der Waals surface area contributed by atoms with Gasteiger partial charge < -0.3 is 5.32 Å². The molecule has 1 fully saturated rings. The van der Waals surface area contributed by atoms with Crippen LogP contribution in [0, 0.1) is 17.8 Å². The monoisotopic (exact) mass is 600 g/mol. The molecule has 0 spiro atoms. The molecule has 230 valence electrons. The molecule has 46 heavy (non-hydrogen) atoms. The maximum atomic E-state index is 4.41. The molecule has 8 rings (SSSR count). The van der Waals surface area contributed by atoms with Crippen LogP contribution in [0.25, 0.3) is 0 Å². The Morgan fingerprint density at radius 3 is 1.83 bits per heavy atom. The second-order valence-corrected chi connectivity index (χ2v) is 13.5. The Morgan fingerprint density at radius 1 is 0.565 bits per heavy atom. The summed E-state index contributed by atoms with van der Waals surface area (Å²) in [5, 5.41) is 8.76. The molecule has 4 aromatic carbocycles. The van der Waals surface area contributed by atoms with Gasteiger partial charge in [0.25, 0.3) is 0 Å². The Morgan fingerprint density at radius 2 is 1.15 bits per heavy atom. The fraction of sp³-hybridized carbons (Fsp3) is 0.273. The van der Waals surface area contributed by atoms with Gasteiger partial charge in [0, 0.05) is 12.0 Å². The van der Waals surface area contributed by atoms with E-state index in [0.29, 0.717) is 17.8 Å². The van der Waals surface area contributed by atoms with Gasteiger partial charge in [-0.3, -0.25) is 5.32 Å². The van der Waals surface area contributed by atoms with E-state index in [4.69, 9.17) is 0 Å². The molecule has 0 amide bonds. The third-order valence-corrected chi connectivity index (χ3v) is 11.0. The van der Waals surface area contributed by atoms with Gasteiger partial charge in [0.15, 0.2) is 0 Å². The summed E-state index contributed by atoms with van der Waals surface area (Å²) in [6.07, 6.45) is 22.4. The molecule has 1 saturated carbocycles. The van der Waals surface area contributed by atoms with Crippen molar-refractivity contribution in [3.05, 3.63) is 191 Å². The molecule has 6 unspecified atom stereocenters. The summed E-state index contributed by atoms with van der Waals surface area (Å²) >= 11 is 0. The fourth-order valence-electron chi connectivity index (χ4n) is 8.64. The Labute approximate surface area is 274 Å². The van der Waals surface area contributed by atoms with Crippen molar-refractivity contribution in [1.29, 1.82) is 0 Å². The molecule has 0 aliphatic heterocycles. The van der Waals surface area contributed by atoms with Crippen molar-refractivity contribution in [2.75, 3.05) is 0 Å². The predicted octanol–water partition coefficient (Wildman–Crippen LogP) is 9.56. The van der Waals surface area contributed by atoms with Crippen molar-refractivity contribution in [3.8, 4) is 0 Å². The minimum absolute atomic E-state index is 0.0239. The summed E-state index contributed by atoms with van der Waals surface area (Å²) in [4.78, 5) is 0. The average molecular weight is 601 g/mol. The van der Waals surface area contributed by atoms with Gasteiger partial charge in [-0.2, -0.15) is 0 Å². The van der Waals surface area contributed by atoms with E-state index >= 15 is 0 Å². The molecule has 4 aromatic rings. The second-order valence-electron chi connectivity index (χ2n) is 13.5. The zero-order valence-corrected chi connectivity index (χ0v) is 26.5. The molecule has 0 radical (unpaired) electrons. The number of allylic oxidation sites excluding steroid dienone is 6. The van der Waals surface area contributed by atoms with Crippen LogP contribution < -0.4 is 10.6 Å². The lowest BCUT2D eigenvalue weighted by Gasteiger charge is -2.40. The van der Waals surface area contributed by atoms with Crippen LogP contribution in [0.1, 0.15) is 70.8 Å². The van der Waals surface area contributed by atoms with E-state index in [0.717, 1.165) is 19.3 Å². The van der Waals surface area contributed by atoms with Gasteiger partial charge in [-0.1, -0.05) is 152 Å². The highest BCUT2D eigenvalue weighted by Crippen LogP contribution is 2.44. The normalized spacial score (nSPS) is 24.7. The summed E-state index contributed by atoms with van der Waals surface area (Å²) in [5.41, 5.74) is 9.89. The molecule has 2 heteroatoms. The topological polar surface area (TPSA) is 24.1 Å². The number of rotatable bonds is 7. The third kappa shape index (κ3) is 5.77. The van der Waals surface area contributed by atoms with Crippen LogP contribution in [0.15, 0.2) is 157 Å². The zero-order chi connectivity index (χ0) is 30.7. The number of nitrogens with one attached hydrogen (secondary N) is 2. The first-order chi connectivity index (χ1) is 22.8. The van der Waals surface area contributed by atoms with Crippen molar-refractivity contribution < 1.29 is 0 Å². The highest BCUT2D eigenvalue weighted by Gasteiger charge is 2.40. The van der Waals surface area contributed by atoms with E-state index in [9.17, 15) is 0 Å². The van der Waals surface area contributed by atoms with Gasteiger partial charge >= 0.3 is 0 Å². The van der Waals surface area contributed by atoms with Crippen molar-refractivity contribution in [1.82, 2.24) is 10.6 Å². The van der Waals surface area contributed by atoms with Crippen molar-refractivity contribution in [2.45, 2.75) is 56.3 Å². The van der Waals surface area contributed by atoms with Crippen LogP contribution in [0.2, 0.25) is 0 Å². The summed E-state index contributed by atoms with van der Waals surface area (Å²) < 4.78 is 0. The van der Waals surface area contributed by atoms with Gasteiger partial charge in [-0.15, -0.1) is 0 Å². The lowest BCUT2D eigenvalue weighted by Crippen LogP contribution is -2.47. The van der Waals surface area contributed by atoms with Gasteiger partial charge in [0.05, 0.1) is 18.1 Å². The van der Waals surface area contributed by atoms with Crippen LogP contribution in [-0.2, 0) is 12.8 Å². The molecule has 0 bridgehead atoms. The van der Waals surface area contributed by atoms with E-state index < -0.39 is 0 Å². The summed E-state index contributed by atoms with van der Waals surface area (Å²) in [5.74, 6) is 1.57. The highest BCUT2D eigenvalue weighted by molar-refractivity contribution is 5.45. The van der Waals surface area contributed by atoms with E-state index in [1.54, 1.807) is 5.57 Å². The molecule has 0 saturated heterocycles. The fourth-order valence-corrected chi connectivity index (χ4v) is 8.64. The van der Waals surface area contributed by atoms with Crippen molar-refractivity contribution in [2.24, 2.45) is 17.8 Å². The maximum Gasteiger partial charge on any atom is 0.0587 e. The standard InChI is InChI=1S/C44H44N2/c1-3-19-35(20-4-1)41(45-43-37-23-11-7-15-31(37)27-28-32-16-8-12-24-38(32)43)42(36-21-5-2-6-22-36)46-44-39-25-13-9-17-33(39)29-30-34-18-10-14-26-40(34)44/h1-17,19-26,33-34,39,41-46H,18,27-30H2. The summed E-state index contributed by atoms with van der Waals surface area (Å²) in [6.45, 7) is 0. The Bertz CT molecular complexity index is 1720. The molecule has 6 atom stereocenters. The van der Waals surface area contributed by atoms with Crippen LogP contribution >= 0.6 is 0 Å². The highest BCUT2D eigenvalue weighted by atomic mass is 15.1. The largest absolute Gasteiger partial charge is 0.301 e. The summed E-state index contributed by atoms with van der Waals surface area (Å²) in [7, 11) is 0. The quantitative estimate of drug-likeness (QED) is 0.221. The molecular formula is C44H44N2. The molecule has 4 aliphatic rings. The second kappa shape index (κ2) is 13.2. The lowest BCUT2D eigenvalue weighted by atomic mass is 9.77. The van der Waals surface area contributed by atoms with Crippen LogP contribution in [0.5, 0.6) is 0 Å². The van der Waals surface area contributed by atoms with Gasteiger partial charge in [-0.05, 0) is 82.9 Å². The molecule has 0 aromatic heterocycles. The van der Waals surface area contributed by atoms with E-state index in [2.05, 4.69) is 162 Å². The molecule has 0 heterocycles. The predicted molar refractivity (Wildman–Crippen MR) is 190 cm³/mol. The van der Waals surface area contributed by atoms with Crippen LogP contribution in [0.3, 0.4) is 0 Å². The van der Waals surface area contributed by atoms with Gasteiger partial charge in [0.1, 0.15) is 0 Å². The van der Waals surface area contributed by atoms with Gasteiger partial charge in [-0.25, -0.2) is 0 Å². The first-order valence-corrected chi connectivity index (χ1v) is 17.3. The smallest absolute Gasteiger partial charge is 0.0587 e. The number of hydrogen-bond acceptors (Lipinski definition) is 2. The minimum Gasteiger partial charge on any atom is -0.301 e. The lowest BCUT2D eigenvalue weighted by molar-refractivity contribution is 0.292. The number of benzene rings is 4. The number of fused-ring (bicyclic) bond motifs is 4. The zero-order valence-electron chi connectivity index (χ0n) is 26.5. The van der Waals surface area contributed by atoms with Crippen molar-refractivity contribution >= 4 is 0 Å². The van der Waals surface area contributed by atoms with Crippen LogP contribution in [0.4, 0.5) is 0 Å².